The van der Waals surface area contributed by atoms with E-state index in [1.807, 2.05) is 6.07 Å². The van der Waals surface area contributed by atoms with Crippen molar-refractivity contribution >= 4 is 11.5 Å². The second-order valence-electron chi connectivity index (χ2n) is 6.29. The van der Waals surface area contributed by atoms with Crippen molar-refractivity contribution in [1.29, 1.82) is 5.26 Å². The summed E-state index contributed by atoms with van der Waals surface area (Å²) in [5.41, 5.74) is 0.696. The fourth-order valence-corrected chi connectivity index (χ4v) is 2.68. The van der Waals surface area contributed by atoms with E-state index in [4.69, 9.17) is 20.2 Å². The average molecular weight is 359 g/mol. The number of carboxylic acid groups (broad SMARTS) is 1. The summed E-state index contributed by atoms with van der Waals surface area (Å²) in [4.78, 5) is 10.7. The first kappa shape index (κ1) is 21.7. The number of aliphatic hydroxyl groups is 1. The van der Waals surface area contributed by atoms with Crippen LogP contribution in [0.5, 0.6) is 5.75 Å². The minimum absolute atomic E-state index is 0.125. The number of carboxylic acids is 1. The van der Waals surface area contributed by atoms with Gasteiger partial charge in [-0.25, -0.2) is 4.79 Å². The third kappa shape index (κ3) is 9.85. The number of nitrogens with zero attached hydrogens (tertiary/aromatic N) is 1. The van der Waals surface area contributed by atoms with Crippen molar-refractivity contribution in [2.24, 2.45) is 0 Å². The van der Waals surface area contributed by atoms with E-state index in [2.05, 4.69) is 0 Å². The van der Waals surface area contributed by atoms with Crippen LogP contribution in [0.25, 0.3) is 5.57 Å². The zero-order chi connectivity index (χ0) is 19.0. The van der Waals surface area contributed by atoms with Crippen molar-refractivity contribution in [3.63, 3.8) is 0 Å². The Hall–Kier alpha value is -2.32. The number of ether oxygens (including phenoxy) is 1. The van der Waals surface area contributed by atoms with Crippen LogP contribution < -0.4 is 4.74 Å². The molecule has 0 spiro atoms. The number of unbranched alkanes of at least 4 members (excludes halogenated alkanes) is 8. The van der Waals surface area contributed by atoms with Crippen LogP contribution in [0.2, 0.25) is 0 Å². The molecule has 1 rings (SSSR count). The molecule has 142 valence electrons. The molecule has 0 amide bonds. The van der Waals surface area contributed by atoms with Crippen molar-refractivity contribution < 1.29 is 19.7 Å². The summed E-state index contributed by atoms with van der Waals surface area (Å²) in [5.74, 6) is -0.405. The van der Waals surface area contributed by atoms with E-state index in [0.717, 1.165) is 37.5 Å². The van der Waals surface area contributed by atoms with E-state index in [0.29, 0.717) is 18.8 Å². The van der Waals surface area contributed by atoms with Crippen molar-refractivity contribution in [3.8, 4) is 11.8 Å². The number of hydrogen-bond donors (Lipinski definition) is 2. The quantitative estimate of drug-likeness (QED) is 0.289. The number of nitriles is 1. The Kier molecular flexibility index (Phi) is 11.6. The molecule has 0 unspecified atom stereocenters. The van der Waals surface area contributed by atoms with Gasteiger partial charge < -0.3 is 14.9 Å². The van der Waals surface area contributed by atoms with Gasteiger partial charge in [0.05, 0.1) is 12.2 Å². The molecule has 0 bridgehead atoms. The largest absolute Gasteiger partial charge is 0.494 e. The second-order valence-corrected chi connectivity index (χ2v) is 6.29. The molecule has 2 N–H and O–H groups in total. The molecule has 0 atom stereocenters. The van der Waals surface area contributed by atoms with Gasteiger partial charge in [0, 0.05) is 12.7 Å². The normalized spacial score (nSPS) is 11.2. The molecule has 5 heteroatoms. The summed E-state index contributed by atoms with van der Waals surface area (Å²) >= 11 is 0. The highest BCUT2D eigenvalue weighted by molar-refractivity contribution is 5.94. The Morgan fingerprint density at radius 2 is 1.50 bits per heavy atom. The fraction of sp³-hybridized carbons (Fsp3) is 0.524. The molecule has 0 fully saturated rings. The van der Waals surface area contributed by atoms with Crippen molar-refractivity contribution in [2.45, 2.75) is 57.8 Å². The van der Waals surface area contributed by atoms with E-state index in [1.165, 1.54) is 32.1 Å². The SMILES string of the molecule is N#CC(=CC(=O)O)c1ccc(OCCCCCCCCCCCO)cc1. The number of hydrogen-bond acceptors (Lipinski definition) is 4. The van der Waals surface area contributed by atoms with Crippen LogP contribution in [-0.2, 0) is 4.79 Å². The van der Waals surface area contributed by atoms with Crippen molar-refractivity contribution in [3.05, 3.63) is 35.9 Å². The molecule has 0 heterocycles. The van der Waals surface area contributed by atoms with E-state index in [9.17, 15) is 4.79 Å². The van der Waals surface area contributed by atoms with Gasteiger partial charge in [0.15, 0.2) is 0 Å². The minimum Gasteiger partial charge on any atom is -0.494 e. The Balaban J connectivity index is 2.15. The van der Waals surface area contributed by atoms with Crippen molar-refractivity contribution in [2.75, 3.05) is 13.2 Å². The van der Waals surface area contributed by atoms with Crippen LogP contribution in [-0.4, -0.2) is 29.4 Å². The first-order chi connectivity index (χ1) is 12.7. The summed E-state index contributed by atoms with van der Waals surface area (Å²) in [7, 11) is 0. The molecule has 0 saturated heterocycles. The zero-order valence-corrected chi connectivity index (χ0v) is 15.3. The molecular formula is C21H29NO4. The highest BCUT2D eigenvalue weighted by Crippen LogP contribution is 2.19. The van der Waals surface area contributed by atoms with Crippen LogP contribution in [0, 0.1) is 11.3 Å². The van der Waals surface area contributed by atoms with E-state index < -0.39 is 5.97 Å². The van der Waals surface area contributed by atoms with Gasteiger partial charge in [0.2, 0.25) is 0 Å². The Labute approximate surface area is 155 Å². The van der Waals surface area contributed by atoms with E-state index >= 15 is 0 Å². The van der Waals surface area contributed by atoms with Crippen LogP contribution in [0.4, 0.5) is 0 Å². The van der Waals surface area contributed by atoms with Gasteiger partial charge >= 0.3 is 5.97 Å². The van der Waals surface area contributed by atoms with E-state index in [-0.39, 0.29) is 5.57 Å². The molecule has 0 aliphatic rings. The highest BCUT2D eigenvalue weighted by atomic mass is 16.5. The van der Waals surface area contributed by atoms with Gasteiger partial charge in [0.25, 0.3) is 0 Å². The lowest BCUT2D eigenvalue weighted by atomic mass is 10.1. The summed E-state index contributed by atoms with van der Waals surface area (Å²) in [6.45, 7) is 0.965. The number of benzene rings is 1. The van der Waals surface area contributed by atoms with Gasteiger partial charge in [-0.05, 0) is 42.7 Å². The summed E-state index contributed by atoms with van der Waals surface area (Å²) in [6, 6.07) is 8.80. The molecule has 0 aliphatic heterocycles. The van der Waals surface area contributed by atoms with Gasteiger partial charge in [-0.2, -0.15) is 5.26 Å². The van der Waals surface area contributed by atoms with Gasteiger partial charge in [0.1, 0.15) is 11.8 Å². The molecule has 0 radical (unpaired) electrons. The third-order valence-corrected chi connectivity index (χ3v) is 4.12. The van der Waals surface area contributed by atoms with Crippen LogP contribution in [0.1, 0.15) is 63.4 Å². The summed E-state index contributed by atoms with van der Waals surface area (Å²) in [5, 5.41) is 26.4. The third-order valence-electron chi connectivity index (χ3n) is 4.12. The number of rotatable bonds is 14. The molecule has 1 aromatic rings. The van der Waals surface area contributed by atoms with Gasteiger partial charge in [-0.3, -0.25) is 0 Å². The average Bonchev–Trinajstić information content (AvgIpc) is 2.64. The molecule has 0 aliphatic carbocycles. The Morgan fingerprint density at radius 3 is 2.00 bits per heavy atom. The molecule has 1 aromatic carbocycles. The van der Waals surface area contributed by atoms with Crippen LogP contribution >= 0.6 is 0 Å². The Morgan fingerprint density at radius 1 is 0.962 bits per heavy atom. The molecule has 0 aromatic heterocycles. The van der Waals surface area contributed by atoms with Crippen molar-refractivity contribution in [1.82, 2.24) is 0 Å². The monoisotopic (exact) mass is 359 g/mol. The molecule has 26 heavy (non-hydrogen) atoms. The van der Waals surface area contributed by atoms with E-state index in [1.54, 1.807) is 24.3 Å². The van der Waals surface area contributed by atoms with Gasteiger partial charge in [-0.15, -0.1) is 0 Å². The minimum atomic E-state index is -1.13. The number of aliphatic carboxylic acids is 1. The Bertz CT molecular complexity index is 587. The first-order valence-corrected chi connectivity index (χ1v) is 9.36. The first-order valence-electron chi connectivity index (χ1n) is 9.36. The highest BCUT2D eigenvalue weighted by Gasteiger charge is 2.04. The lowest BCUT2D eigenvalue weighted by Gasteiger charge is -2.07. The smallest absolute Gasteiger partial charge is 0.329 e. The lowest BCUT2D eigenvalue weighted by molar-refractivity contribution is -0.131. The summed E-state index contributed by atoms with van der Waals surface area (Å²) < 4.78 is 5.69. The maximum absolute atomic E-state index is 10.7. The predicted molar refractivity (Wildman–Crippen MR) is 102 cm³/mol. The lowest BCUT2D eigenvalue weighted by Crippen LogP contribution is -1.97. The predicted octanol–water partition coefficient (Wildman–Crippen LogP) is 4.56. The number of carbonyl (C=O) groups is 1. The maximum atomic E-state index is 10.7. The topological polar surface area (TPSA) is 90.6 Å². The van der Waals surface area contributed by atoms with Crippen LogP contribution in [0.15, 0.2) is 30.3 Å². The standard InChI is InChI=1S/C21H29NO4/c22-17-19(16-21(24)25)18-10-12-20(13-11-18)26-15-9-7-5-3-1-2-4-6-8-14-23/h10-13,16,23H,1-9,14-15H2,(H,24,25). The molecule has 5 nitrogen and oxygen atoms in total. The van der Waals surface area contributed by atoms with Crippen LogP contribution in [0.3, 0.4) is 0 Å². The fourth-order valence-electron chi connectivity index (χ4n) is 2.68. The molecular weight excluding hydrogens is 330 g/mol. The number of aliphatic hydroxyl groups excluding tert-OH is 1. The zero-order valence-electron chi connectivity index (χ0n) is 15.3. The second kappa shape index (κ2) is 13.9. The maximum Gasteiger partial charge on any atom is 0.329 e. The summed E-state index contributed by atoms with van der Waals surface area (Å²) in [6.07, 6.45) is 11.3. The van der Waals surface area contributed by atoms with Gasteiger partial charge in [-0.1, -0.05) is 44.9 Å². The molecule has 0 saturated carbocycles. The number of allylic oxidation sites excluding steroid dienone is 1.